The molecule has 0 aromatic heterocycles. The van der Waals surface area contributed by atoms with Gasteiger partial charge >= 0.3 is 5.97 Å². The van der Waals surface area contributed by atoms with Crippen LogP contribution in [0.1, 0.15) is 39.5 Å². The summed E-state index contributed by atoms with van der Waals surface area (Å²) in [6.07, 6.45) is 4.16. The first-order valence-corrected chi connectivity index (χ1v) is 6.24. The summed E-state index contributed by atoms with van der Waals surface area (Å²) >= 11 is 0. The summed E-state index contributed by atoms with van der Waals surface area (Å²) in [5.74, 6) is -0.457. The molecule has 0 saturated carbocycles. The average Bonchev–Trinajstić information content (AvgIpc) is 2.65. The third-order valence-electron chi connectivity index (χ3n) is 3.08. The molecule has 98 valence electrons. The molecule has 1 rings (SSSR count). The van der Waals surface area contributed by atoms with E-state index in [2.05, 4.69) is 13.8 Å². The minimum atomic E-state index is -0.740. The molecule has 0 saturated heterocycles. The van der Waals surface area contributed by atoms with Crippen molar-refractivity contribution in [3.05, 3.63) is 11.8 Å². The lowest BCUT2D eigenvalue weighted by molar-refractivity contribution is -0.142. The van der Waals surface area contributed by atoms with Crippen molar-refractivity contribution in [3.8, 4) is 0 Å². The van der Waals surface area contributed by atoms with Crippen LogP contribution in [0.15, 0.2) is 11.8 Å². The molecule has 0 aliphatic carbocycles. The van der Waals surface area contributed by atoms with Crippen LogP contribution >= 0.6 is 0 Å². The maximum Gasteiger partial charge on any atom is 0.320 e. The molecule has 1 aliphatic rings. The molecule has 17 heavy (non-hydrogen) atoms. The number of carbonyl (C=O) groups is 1. The predicted molar refractivity (Wildman–Crippen MR) is 64.1 cm³/mol. The molecule has 0 bridgehead atoms. The zero-order valence-electron chi connectivity index (χ0n) is 10.6. The van der Waals surface area contributed by atoms with Crippen molar-refractivity contribution in [3.63, 3.8) is 0 Å². The van der Waals surface area contributed by atoms with Gasteiger partial charge in [-0.3, -0.25) is 4.79 Å². The molecular weight excluding hydrogens is 220 g/mol. The fourth-order valence-electron chi connectivity index (χ4n) is 2.04. The van der Waals surface area contributed by atoms with Crippen molar-refractivity contribution < 1.29 is 19.7 Å². The lowest BCUT2D eigenvalue weighted by Crippen LogP contribution is -2.28. The van der Waals surface area contributed by atoms with E-state index in [1.165, 1.54) is 6.26 Å². The number of hydrogen-bond acceptors (Lipinski definition) is 4. The van der Waals surface area contributed by atoms with Crippen molar-refractivity contribution in [2.24, 2.45) is 11.8 Å². The van der Waals surface area contributed by atoms with Crippen LogP contribution < -0.4 is 0 Å². The number of rotatable bonds is 7. The second-order valence-corrected chi connectivity index (χ2v) is 5.01. The Labute approximate surface area is 102 Å². The summed E-state index contributed by atoms with van der Waals surface area (Å²) < 4.78 is 4.71. The number of ether oxygens (including phenoxy) is 1. The van der Waals surface area contributed by atoms with Gasteiger partial charge in [-0.05, 0) is 12.3 Å². The van der Waals surface area contributed by atoms with E-state index in [9.17, 15) is 9.90 Å². The maximum absolute atomic E-state index is 11.4. The average molecular weight is 242 g/mol. The van der Waals surface area contributed by atoms with Crippen LogP contribution in [-0.4, -0.2) is 28.9 Å². The summed E-state index contributed by atoms with van der Waals surface area (Å²) in [5, 5.41) is 19.0. The van der Waals surface area contributed by atoms with E-state index in [4.69, 9.17) is 9.84 Å². The monoisotopic (exact) mass is 242 g/mol. The van der Waals surface area contributed by atoms with Crippen LogP contribution in [0.4, 0.5) is 0 Å². The Balaban J connectivity index is 2.34. The van der Waals surface area contributed by atoms with Gasteiger partial charge in [0.15, 0.2) is 0 Å². The van der Waals surface area contributed by atoms with Gasteiger partial charge in [-0.1, -0.05) is 33.1 Å². The first-order chi connectivity index (χ1) is 8.06. The van der Waals surface area contributed by atoms with Gasteiger partial charge in [0.25, 0.3) is 0 Å². The minimum Gasteiger partial charge on any atom is -0.434 e. The smallest absolute Gasteiger partial charge is 0.320 e. The van der Waals surface area contributed by atoms with Gasteiger partial charge in [0, 0.05) is 5.57 Å². The number of aliphatic hydroxyl groups excluding tert-OH is 2. The molecule has 0 fully saturated rings. The van der Waals surface area contributed by atoms with E-state index in [1.54, 1.807) is 0 Å². The second kappa shape index (κ2) is 6.77. The summed E-state index contributed by atoms with van der Waals surface area (Å²) in [4.78, 5) is 11.4. The first kappa shape index (κ1) is 14.2. The number of unbranched alkanes of at least 4 members (excludes halogenated alkanes) is 1. The largest absolute Gasteiger partial charge is 0.434 e. The molecule has 2 atom stereocenters. The molecule has 0 aromatic rings. The van der Waals surface area contributed by atoms with Crippen LogP contribution in [0.5, 0.6) is 0 Å². The molecule has 2 N–H and O–H groups in total. The Morgan fingerprint density at radius 2 is 2.00 bits per heavy atom. The van der Waals surface area contributed by atoms with Gasteiger partial charge in [0.1, 0.15) is 5.92 Å². The zero-order chi connectivity index (χ0) is 12.8. The van der Waals surface area contributed by atoms with E-state index in [0.717, 1.165) is 19.3 Å². The Morgan fingerprint density at radius 3 is 2.59 bits per heavy atom. The normalized spacial score (nSPS) is 21.6. The van der Waals surface area contributed by atoms with Crippen molar-refractivity contribution in [2.75, 3.05) is 6.61 Å². The highest BCUT2D eigenvalue weighted by Crippen LogP contribution is 2.26. The SMILES string of the molecule is CC(C)CCCCC(O)C1C(=O)OC=C1CO. The second-order valence-electron chi connectivity index (χ2n) is 5.01. The minimum absolute atomic E-state index is 0.237. The molecule has 2 unspecified atom stereocenters. The van der Waals surface area contributed by atoms with Crippen LogP contribution in [0.25, 0.3) is 0 Å². The number of esters is 1. The third kappa shape index (κ3) is 4.13. The van der Waals surface area contributed by atoms with E-state index in [1.807, 2.05) is 0 Å². The molecule has 0 amide bonds. The van der Waals surface area contributed by atoms with E-state index in [-0.39, 0.29) is 6.61 Å². The summed E-state index contributed by atoms with van der Waals surface area (Å²) in [6.45, 7) is 4.09. The maximum atomic E-state index is 11.4. The molecule has 0 radical (unpaired) electrons. The van der Waals surface area contributed by atoms with Gasteiger partial charge in [-0.15, -0.1) is 0 Å². The van der Waals surface area contributed by atoms with E-state index < -0.39 is 18.0 Å². The first-order valence-electron chi connectivity index (χ1n) is 6.24. The van der Waals surface area contributed by atoms with Crippen molar-refractivity contribution in [2.45, 2.75) is 45.6 Å². The highest BCUT2D eigenvalue weighted by Gasteiger charge is 2.35. The van der Waals surface area contributed by atoms with Crippen LogP contribution in [0, 0.1) is 11.8 Å². The quantitative estimate of drug-likeness (QED) is 0.526. The molecule has 1 heterocycles. The predicted octanol–water partition coefficient (Wildman–Crippen LogP) is 1.61. The lowest BCUT2D eigenvalue weighted by atomic mass is 9.91. The fourth-order valence-corrected chi connectivity index (χ4v) is 2.04. The fraction of sp³-hybridized carbons (Fsp3) is 0.769. The molecular formula is C13H22O4. The Kier molecular flexibility index (Phi) is 5.65. The zero-order valence-corrected chi connectivity index (χ0v) is 10.6. The van der Waals surface area contributed by atoms with E-state index >= 15 is 0 Å². The molecule has 4 nitrogen and oxygen atoms in total. The lowest BCUT2D eigenvalue weighted by Gasteiger charge is -2.17. The van der Waals surface area contributed by atoms with Crippen LogP contribution in [0.2, 0.25) is 0 Å². The Hall–Kier alpha value is -0.870. The van der Waals surface area contributed by atoms with Crippen molar-refractivity contribution in [1.82, 2.24) is 0 Å². The molecule has 0 aromatic carbocycles. The number of hydrogen-bond donors (Lipinski definition) is 2. The highest BCUT2D eigenvalue weighted by molar-refractivity contribution is 5.79. The van der Waals surface area contributed by atoms with E-state index in [0.29, 0.717) is 17.9 Å². The van der Waals surface area contributed by atoms with Gasteiger partial charge in [0.2, 0.25) is 0 Å². The van der Waals surface area contributed by atoms with Gasteiger partial charge in [-0.25, -0.2) is 0 Å². The summed E-state index contributed by atoms with van der Waals surface area (Å²) in [5.41, 5.74) is 0.478. The van der Waals surface area contributed by atoms with Gasteiger partial charge in [0.05, 0.1) is 19.0 Å². The summed E-state index contributed by atoms with van der Waals surface area (Å²) in [6, 6.07) is 0. The molecule has 1 aliphatic heterocycles. The third-order valence-corrected chi connectivity index (χ3v) is 3.08. The van der Waals surface area contributed by atoms with Gasteiger partial charge < -0.3 is 14.9 Å². The number of carbonyl (C=O) groups excluding carboxylic acids is 1. The highest BCUT2D eigenvalue weighted by atomic mass is 16.5. The Morgan fingerprint density at radius 1 is 1.35 bits per heavy atom. The standard InChI is InChI=1S/C13H22O4/c1-9(2)5-3-4-6-11(15)12-10(7-14)8-17-13(12)16/h8-9,11-12,14-15H,3-7H2,1-2H3. The van der Waals surface area contributed by atoms with Gasteiger partial charge in [-0.2, -0.15) is 0 Å². The van der Waals surface area contributed by atoms with Crippen LogP contribution in [-0.2, 0) is 9.53 Å². The topological polar surface area (TPSA) is 66.8 Å². The van der Waals surface area contributed by atoms with Crippen LogP contribution in [0.3, 0.4) is 0 Å². The van der Waals surface area contributed by atoms with Crippen molar-refractivity contribution in [1.29, 1.82) is 0 Å². The van der Waals surface area contributed by atoms with Crippen molar-refractivity contribution >= 4 is 5.97 Å². The molecule has 0 spiro atoms. The Bertz CT molecular complexity index is 283. The number of aliphatic hydroxyl groups is 2. The number of cyclic esters (lactones) is 1. The summed E-state index contributed by atoms with van der Waals surface area (Å²) in [7, 11) is 0. The molecule has 4 heteroatoms.